The van der Waals surface area contributed by atoms with Crippen molar-refractivity contribution in [2.45, 2.75) is 49.0 Å². The summed E-state index contributed by atoms with van der Waals surface area (Å²) in [5, 5.41) is 12.2. The summed E-state index contributed by atoms with van der Waals surface area (Å²) in [4.78, 5) is 25.9. The summed E-state index contributed by atoms with van der Waals surface area (Å²) in [5.74, 6) is -0.698. The van der Waals surface area contributed by atoms with Gasteiger partial charge in [0, 0.05) is 18.3 Å². The number of carboxylic acids is 1. The van der Waals surface area contributed by atoms with Crippen molar-refractivity contribution >= 4 is 40.4 Å². The van der Waals surface area contributed by atoms with E-state index in [-0.39, 0.29) is 5.54 Å². The van der Waals surface area contributed by atoms with E-state index in [1.54, 1.807) is 0 Å². The predicted octanol–water partition coefficient (Wildman–Crippen LogP) is 6.89. The molecule has 0 saturated heterocycles. The van der Waals surface area contributed by atoms with E-state index in [1.807, 2.05) is 47.4 Å². The molecule has 0 radical (unpaired) electrons. The molecule has 3 aromatic rings. The summed E-state index contributed by atoms with van der Waals surface area (Å²) in [7, 11) is -2.79. The second-order valence-electron chi connectivity index (χ2n) is 10.4. The topological polar surface area (TPSA) is 110 Å². The van der Waals surface area contributed by atoms with Gasteiger partial charge in [0.1, 0.15) is 0 Å². The molecule has 4 N–H and O–H groups in total. The van der Waals surface area contributed by atoms with Gasteiger partial charge in [0.05, 0.1) is 21.9 Å². The third-order valence-corrected chi connectivity index (χ3v) is 9.64. The third-order valence-electron chi connectivity index (χ3n) is 7.82. The Kier molecular flexibility index (Phi) is 7.79. The lowest BCUT2D eigenvalue weighted by molar-refractivity contribution is -0.131. The highest BCUT2D eigenvalue weighted by Crippen LogP contribution is 2.54. The monoisotopic (exact) mass is 546 g/mol. The average Bonchev–Trinajstić information content (AvgIpc) is 2.93. The number of aliphatic carboxylic acids is 1. The van der Waals surface area contributed by atoms with E-state index in [4.69, 9.17) is 5.11 Å². The highest BCUT2D eigenvalue weighted by molar-refractivity contribution is 8.24. The van der Waals surface area contributed by atoms with E-state index in [0.717, 1.165) is 78.2 Å². The van der Waals surface area contributed by atoms with Gasteiger partial charge in [0.25, 0.3) is 0 Å². The van der Waals surface area contributed by atoms with Gasteiger partial charge in [0.15, 0.2) is 0 Å². The van der Waals surface area contributed by atoms with E-state index in [0.29, 0.717) is 23.6 Å². The second-order valence-corrected chi connectivity index (χ2v) is 12.6. The lowest BCUT2D eigenvalue weighted by Crippen LogP contribution is -2.51. The molecule has 1 aliphatic carbocycles. The molecule has 1 aliphatic heterocycles. The van der Waals surface area contributed by atoms with Crippen LogP contribution in [-0.2, 0) is 16.0 Å². The Morgan fingerprint density at radius 3 is 2.44 bits per heavy atom. The van der Waals surface area contributed by atoms with Gasteiger partial charge in [-0.25, -0.2) is 4.79 Å². The van der Waals surface area contributed by atoms with E-state index >= 15 is 0 Å². The molecule has 5 rings (SSSR count). The molecule has 0 bridgehead atoms. The molecule has 0 aromatic heterocycles. The Hall–Kier alpha value is -3.59. The zero-order chi connectivity index (χ0) is 27.5. The Morgan fingerprint density at radius 1 is 0.974 bits per heavy atom. The standard InChI is InChI=1S/C31H34N2O5S/c34-22-33(27-6-4-5-23(19-27)9-14-30(35)36)31(15-2-1-3-16-31)21-24-7-10-25(11-8-24)26-12-13-28-29(20-26)39(37,38)18-17-32-28/h4-14,19-20,22,32,37-38H,1-3,15-18,21H2,(H,35,36)/b14-9+. The molecule has 0 unspecified atom stereocenters. The molecule has 3 aromatic carbocycles. The van der Waals surface area contributed by atoms with Crippen molar-refractivity contribution in [2.75, 3.05) is 22.5 Å². The molecule has 2 aliphatic rings. The van der Waals surface area contributed by atoms with Crippen molar-refractivity contribution in [3.05, 3.63) is 83.9 Å². The molecule has 204 valence electrons. The number of hydrogen-bond acceptors (Lipinski definition) is 5. The molecule has 1 fully saturated rings. The van der Waals surface area contributed by atoms with Gasteiger partial charge >= 0.3 is 5.97 Å². The molecule has 1 heterocycles. The number of carbonyl (C=O) groups excluding carboxylic acids is 1. The lowest BCUT2D eigenvalue weighted by Gasteiger charge is -2.45. The van der Waals surface area contributed by atoms with Crippen LogP contribution in [0.4, 0.5) is 11.4 Å². The number of nitrogens with zero attached hydrogens (tertiary/aromatic N) is 1. The Balaban J connectivity index is 1.42. The molecule has 1 saturated carbocycles. The maximum atomic E-state index is 12.6. The molecule has 0 spiro atoms. The van der Waals surface area contributed by atoms with Crippen molar-refractivity contribution in [2.24, 2.45) is 0 Å². The Morgan fingerprint density at radius 2 is 1.72 bits per heavy atom. The quantitative estimate of drug-likeness (QED) is 0.181. The normalized spacial score (nSPS) is 18.5. The number of nitrogens with one attached hydrogen (secondary N) is 1. The van der Waals surface area contributed by atoms with Crippen LogP contribution >= 0.6 is 10.6 Å². The maximum absolute atomic E-state index is 12.6. The number of anilines is 2. The van der Waals surface area contributed by atoms with Crippen LogP contribution in [-0.4, -0.2) is 44.4 Å². The first-order valence-electron chi connectivity index (χ1n) is 13.3. The van der Waals surface area contributed by atoms with Gasteiger partial charge < -0.3 is 15.3 Å². The van der Waals surface area contributed by atoms with Crippen LogP contribution in [0.1, 0.15) is 43.2 Å². The van der Waals surface area contributed by atoms with Crippen molar-refractivity contribution in [3.63, 3.8) is 0 Å². The number of fused-ring (bicyclic) bond motifs is 1. The van der Waals surface area contributed by atoms with Crippen LogP contribution in [0.25, 0.3) is 17.2 Å². The van der Waals surface area contributed by atoms with Gasteiger partial charge in [-0.1, -0.05) is 61.7 Å². The van der Waals surface area contributed by atoms with Crippen LogP contribution in [0, 0.1) is 0 Å². The summed E-state index contributed by atoms with van der Waals surface area (Å²) < 4.78 is 21.1. The minimum Gasteiger partial charge on any atom is -0.478 e. The van der Waals surface area contributed by atoms with Crippen molar-refractivity contribution in [3.8, 4) is 11.1 Å². The fraction of sp³-hybridized carbons (Fsp3) is 0.290. The van der Waals surface area contributed by atoms with Crippen molar-refractivity contribution in [1.82, 2.24) is 0 Å². The minimum absolute atomic E-state index is 0.316. The van der Waals surface area contributed by atoms with E-state index in [1.165, 1.54) is 6.08 Å². The van der Waals surface area contributed by atoms with Crippen LogP contribution in [0.5, 0.6) is 0 Å². The van der Waals surface area contributed by atoms with Crippen LogP contribution < -0.4 is 10.2 Å². The van der Waals surface area contributed by atoms with Gasteiger partial charge in [-0.3, -0.25) is 13.9 Å². The van der Waals surface area contributed by atoms with Crippen LogP contribution in [0.15, 0.2) is 77.7 Å². The first-order chi connectivity index (χ1) is 18.8. The lowest BCUT2D eigenvalue weighted by atomic mass is 9.76. The highest BCUT2D eigenvalue weighted by Gasteiger charge is 2.38. The smallest absolute Gasteiger partial charge is 0.328 e. The predicted molar refractivity (Wildman–Crippen MR) is 158 cm³/mol. The zero-order valence-corrected chi connectivity index (χ0v) is 22.6. The Labute approximate surface area is 230 Å². The Bertz CT molecular complexity index is 1380. The van der Waals surface area contributed by atoms with Crippen LogP contribution in [0.2, 0.25) is 0 Å². The highest BCUT2D eigenvalue weighted by atomic mass is 32.3. The maximum Gasteiger partial charge on any atom is 0.328 e. The number of amides is 1. The number of carbonyl (C=O) groups is 2. The molecular formula is C31H34N2O5S. The summed E-state index contributed by atoms with van der Waals surface area (Å²) in [5.41, 5.74) is 4.94. The fourth-order valence-corrected chi connectivity index (χ4v) is 7.27. The average molecular weight is 547 g/mol. The summed E-state index contributed by atoms with van der Waals surface area (Å²) >= 11 is 0. The summed E-state index contributed by atoms with van der Waals surface area (Å²) in [6.07, 6.45) is 9.25. The summed E-state index contributed by atoms with van der Waals surface area (Å²) in [6, 6.07) is 21.5. The van der Waals surface area contributed by atoms with Gasteiger partial charge in [0.2, 0.25) is 6.41 Å². The minimum atomic E-state index is -2.79. The van der Waals surface area contributed by atoms with Crippen molar-refractivity contribution in [1.29, 1.82) is 0 Å². The number of carboxylic acid groups (broad SMARTS) is 1. The van der Waals surface area contributed by atoms with Gasteiger partial charge in [-0.15, -0.1) is 0 Å². The van der Waals surface area contributed by atoms with E-state index < -0.39 is 16.6 Å². The number of benzene rings is 3. The second kappa shape index (κ2) is 11.3. The molecule has 7 nitrogen and oxygen atoms in total. The molecule has 39 heavy (non-hydrogen) atoms. The first-order valence-corrected chi connectivity index (χ1v) is 15.0. The molecule has 0 atom stereocenters. The van der Waals surface area contributed by atoms with E-state index in [2.05, 4.69) is 29.6 Å². The van der Waals surface area contributed by atoms with E-state index in [9.17, 15) is 18.7 Å². The van der Waals surface area contributed by atoms with Gasteiger partial charge in [-0.05, 0) is 71.9 Å². The van der Waals surface area contributed by atoms with Gasteiger partial charge in [-0.2, -0.15) is 10.6 Å². The van der Waals surface area contributed by atoms with Crippen LogP contribution in [0.3, 0.4) is 0 Å². The zero-order valence-electron chi connectivity index (χ0n) is 21.8. The molecular weight excluding hydrogens is 512 g/mol. The largest absolute Gasteiger partial charge is 0.478 e. The van der Waals surface area contributed by atoms with Crippen molar-refractivity contribution < 1.29 is 23.8 Å². The molecule has 1 amide bonds. The SMILES string of the molecule is O=CN(c1cccc(/C=C/C(=O)O)c1)C1(Cc2ccc(-c3ccc4c(c3)S(O)(O)CCN4)cc2)CCCCC1. The first kappa shape index (κ1) is 27.0. The summed E-state index contributed by atoms with van der Waals surface area (Å²) in [6.45, 7) is 0.548. The number of hydrogen-bond donors (Lipinski definition) is 4. The fourth-order valence-electron chi connectivity index (χ4n) is 5.86. The third kappa shape index (κ3) is 5.88. The molecule has 8 heteroatoms. The number of rotatable bonds is 8.